The van der Waals surface area contributed by atoms with Gasteiger partial charge in [-0.15, -0.1) is 0 Å². The van der Waals surface area contributed by atoms with Crippen molar-refractivity contribution in [1.29, 1.82) is 0 Å². The molecule has 1 amide bonds. The summed E-state index contributed by atoms with van der Waals surface area (Å²) in [6, 6.07) is 10.5. The summed E-state index contributed by atoms with van der Waals surface area (Å²) >= 11 is 0. The molecule has 1 heterocycles. The van der Waals surface area contributed by atoms with Crippen molar-refractivity contribution in [3.05, 3.63) is 35.9 Å². The van der Waals surface area contributed by atoms with E-state index in [4.69, 9.17) is 0 Å². The minimum Gasteiger partial charge on any atom is -0.337 e. The minimum absolute atomic E-state index is 0.00269. The van der Waals surface area contributed by atoms with Crippen molar-refractivity contribution in [3.8, 4) is 0 Å². The summed E-state index contributed by atoms with van der Waals surface area (Å²) in [7, 11) is 0. The van der Waals surface area contributed by atoms with E-state index in [9.17, 15) is 4.79 Å². The van der Waals surface area contributed by atoms with E-state index in [0.29, 0.717) is 5.91 Å². The molecule has 1 aromatic rings. The summed E-state index contributed by atoms with van der Waals surface area (Å²) < 4.78 is 0. The molecule has 0 N–H and O–H groups in total. The van der Waals surface area contributed by atoms with Gasteiger partial charge < -0.3 is 4.90 Å². The summed E-state index contributed by atoms with van der Waals surface area (Å²) in [4.78, 5) is 14.4. The number of rotatable bonds is 3. The molecule has 0 spiro atoms. The van der Waals surface area contributed by atoms with Gasteiger partial charge in [0.2, 0.25) is 5.91 Å². The second kappa shape index (κ2) is 5.13. The van der Waals surface area contributed by atoms with Crippen LogP contribution in [0.3, 0.4) is 0 Å². The Morgan fingerprint density at radius 1 is 1.33 bits per heavy atom. The highest BCUT2D eigenvalue weighted by Gasteiger charge is 2.39. The van der Waals surface area contributed by atoms with Crippen LogP contribution in [0.15, 0.2) is 30.3 Å². The van der Waals surface area contributed by atoms with Gasteiger partial charge in [-0.05, 0) is 31.7 Å². The van der Waals surface area contributed by atoms with Crippen LogP contribution in [0.2, 0.25) is 0 Å². The second-order valence-corrected chi connectivity index (χ2v) is 5.91. The number of hydrogen-bond donors (Lipinski definition) is 0. The molecule has 1 aliphatic rings. The van der Waals surface area contributed by atoms with E-state index in [0.717, 1.165) is 25.8 Å². The average molecular weight is 245 g/mol. The molecule has 1 atom stereocenters. The molecule has 0 radical (unpaired) electrons. The van der Waals surface area contributed by atoms with Crippen molar-refractivity contribution < 1.29 is 4.79 Å². The van der Waals surface area contributed by atoms with Gasteiger partial charge >= 0.3 is 0 Å². The van der Waals surface area contributed by atoms with E-state index < -0.39 is 0 Å². The Balaban J connectivity index is 2.16. The largest absolute Gasteiger partial charge is 0.337 e. The van der Waals surface area contributed by atoms with Crippen LogP contribution in [0.25, 0.3) is 0 Å². The molecule has 2 heteroatoms. The molecule has 98 valence electrons. The zero-order chi connectivity index (χ0) is 13.2. The van der Waals surface area contributed by atoms with Gasteiger partial charge in [-0.2, -0.15) is 0 Å². The lowest BCUT2D eigenvalue weighted by atomic mass is 9.89. The van der Waals surface area contributed by atoms with Crippen molar-refractivity contribution in [2.45, 2.75) is 45.6 Å². The van der Waals surface area contributed by atoms with Crippen LogP contribution in [0, 0.1) is 5.92 Å². The van der Waals surface area contributed by atoms with Gasteiger partial charge in [-0.3, -0.25) is 4.79 Å². The molecule has 2 nitrogen and oxygen atoms in total. The third-order valence-electron chi connectivity index (χ3n) is 3.94. The Labute approximate surface area is 110 Å². The molecule has 1 aromatic carbocycles. The lowest BCUT2D eigenvalue weighted by Gasteiger charge is -2.36. The van der Waals surface area contributed by atoms with Crippen LogP contribution in [0.1, 0.15) is 39.2 Å². The summed E-state index contributed by atoms with van der Waals surface area (Å²) in [6.07, 6.45) is 3.20. The first-order valence-corrected chi connectivity index (χ1v) is 6.88. The highest BCUT2D eigenvalue weighted by Crippen LogP contribution is 2.33. The molecule has 0 bridgehead atoms. The normalized spacial score (nSPS) is 23.7. The van der Waals surface area contributed by atoms with E-state index in [-0.39, 0.29) is 11.5 Å². The van der Waals surface area contributed by atoms with Crippen LogP contribution in [-0.2, 0) is 11.2 Å². The van der Waals surface area contributed by atoms with Gasteiger partial charge in [0.25, 0.3) is 0 Å². The van der Waals surface area contributed by atoms with E-state index in [2.05, 4.69) is 36.1 Å². The van der Waals surface area contributed by atoms with Gasteiger partial charge in [0.15, 0.2) is 0 Å². The zero-order valence-corrected chi connectivity index (χ0v) is 11.6. The van der Waals surface area contributed by atoms with Crippen LogP contribution in [0.4, 0.5) is 0 Å². The molecule has 0 aromatic heterocycles. The summed E-state index contributed by atoms with van der Waals surface area (Å²) in [5.41, 5.74) is 1.33. The molecule has 0 saturated carbocycles. The molecule has 1 saturated heterocycles. The molecular weight excluding hydrogens is 222 g/mol. The number of carbonyl (C=O) groups excluding carboxylic acids is 1. The van der Waals surface area contributed by atoms with Crippen molar-refractivity contribution >= 4 is 5.91 Å². The molecule has 2 rings (SSSR count). The number of amides is 1. The Hall–Kier alpha value is -1.31. The number of carbonyl (C=O) groups is 1. The fourth-order valence-corrected chi connectivity index (χ4v) is 2.93. The SMILES string of the molecule is CC(C)C(=O)N1CCCC1(C)Cc1ccccc1. The molecule has 1 aliphatic heterocycles. The van der Waals surface area contributed by atoms with Crippen molar-refractivity contribution in [1.82, 2.24) is 4.90 Å². The van der Waals surface area contributed by atoms with Gasteiger partial charge in [0.05, 0.1) is 0 Å². The van der Waals surface area contributed by atoms with Crippen LogP contribution >= 0.6 is 0 Å². The molecular formula is C16H23NO. The first-order chi connectivity index (χ1) is 8.53. The van der Waals surface area contributed by atoms with Crippen LogP contribution < -0.4 is 0 Å². The first-order valence-electron chi connectivity index (χ1n) is 6.88. The maximum Gasteiger partial charge on any atom is 0.225 e. The fourth-order valence-electron chi connectivity index (χ4n) is 2.93. The minimum atomic E-state index is 0.00269. The molecule has 0 aliphatic carbocycles. The Morgan fingerprint density at radius 3 is 2.61 bits per heavy atom. The predicted molar refractivity (Wildman–Crippen MR) is 74.3 cm³/mol. The van der Waals surface area contributed by atoms with Gasteiger partial charge in [0, 0.05) is 18.0 Å². The van der Waals surface area contributed by atoms with Gasteiger partial charge in [-0.25, -0.2) is 0 Å². The Bertz CT molecular complexity index is 412. The van der Waals surface area contributed by atoms with Crippen molar-refractivity contribution in [3.63, 3.8) is 0 Å². The number of likely N-dealkylation sites (tertiary alicyclic amines) is 1. The summed E-state index contributed by atoms with van der Waals surface area (Å²) in [6.45, 7) is 7.13. The second-order valence-electron chi connectivity index (χ2n) is 5.91. The summed E-state index contributed by atoms with van der Waals surface area (Å²) in [5.74, 6) is 0.393. The maximum atomic E-state index is 12.3. The lowest BCUT2D eigenvalue weighted by Crippen LogP contribution is -2.48. The van der Waals surface area contributed by atoms with Crippen molar-refractivity contribution in [2.24, 2.45) is 5.92 Å². The first kappa shape index (κ1) is 13.1. The van der Waals surface area contributed by atoms with Crippen LogP contribution in [-0.4, -0.2) is 22.9 Å². The molecule has 1 unspecified atom stereocenters. The number of nitrogens with zero attached hydrogens (tertiary/aromatic N) is 1. The van der Waals surface area contributed by atoms with Crippen molar-refractivity contribution in [2.75, 3.05) is 6.54 Å². The van der Waals surface area contributed by atoms with Gasteiger partial charge in [0.1, 0.15) is 0 Å². The standard InChI is InChI=1S/C16H23NO/c1-13(2)15(18)17-11-7-10-16(17,3)12-14-8-5-4-6-9-14/h4-6,8-9,13H,7,10-12H2,1-3H3. The lowest BCUT2D eigenvalue weighted by molar-refractivity contribution is -0.138. The van der Waals surface area contributed by atoms with E-state index >= 15 is 0 Å². The van der Waals surface area contributed by atoms with Gasteiger partial charge in [-0.1, -0.05) is 44.2 Å². The highest BCUT2D eigenvalue weighted by atomic mass is 16.2. The van der Waals surface area contributed by atoms with E-state index in [1.54, 1.807) is 0 Å². The highest BCUT2D eigenvalue weighted by molar-refractivity contribution is 5.79. The Morgan fingerprint density at radius 2 is 2.00 bits per heavy atom. The van der Waals surface area contributed by atoms with E-state index in [1.807, 2.05) is 19.9 Å². The monoisotopic (exact) mass is 245 g/mol. The number of hydrogen-bond acceptors (Lipinski definition) is 1. The zero-order valence-electron chi connectivity index (χ0n) is 11.6. The fraction of sp³-hybridized carbons (Fsp3) is 0.562. The quantitative estimate of drug-likeness (QED) is 0.800. The molecule has 1 fully saturated rings. The Kier molecular flexibility index (Phi) is 3.74. The number of benzene rings is 1. The average Bonchev–Trinajstić information content (AvgIpc) is 2.71. The smallest absolute Gasteiger partial charge is 0.225 e. The maximum absolute atomic E-state index is 12.3. The summed E-state index contributed by atoms with van der Waals surface area (Å²) in [5, 5.41) is 0. The van der Waals surface area contributed by atoms with E-state index in [1.165, 1.54) is 5.56 Å². The topological polar surface area (TPSA) is 20.3 Å². The molecule has 18 heavy (non-hydrogen) atoms. The predicted octanol–water partition coefficient (Wildman–Crippen LogP) is 3.27. The third-order valence-corrected chi connectivity index (χ3v) is 3.94. The third kappa shape index (κ3) is 2.58. The van der Waals surface area contributed by atoms with Crippen LogP contribution in [0.5, 0.6) is 0 Å².